The lowest BCUT2D eigenvalue weighted by Crippen LogP contribution is -2.47. The molecule has 1 unspecified atom stereocenters. The van der Waals surface area contributed by atoms with Crippen LogP contribution in [0, 0.1) is 0 Å². The van der Waals surface area contributed by atoms with E-state index in [1.807, 2.05) is 6.20 Å². The van der Waals surface area contributed by atoms with Gasteiger partial charge in [-0.15, -0.1) is 0 Å². The molecule has 0 radical (unpaired) electrons. The highest BCUT2D eigenvalue weighted by Gasteiger charge is 2.27. The zero-order valence-corrected chi connectivity index (χ0v) is 12.4. The fraction of sp³-hybridized carbons (Fsp3) is 0.353. The van der Waals surface area contributed by atoms with Crippen molar-refractivity contribution in [2.75, 3.05) is 31.6 Å². The summed E-state index contributed by atoms with van der Waals surface area (Å²) in [7, 11) is 2.18. The number of anilines is 1. The van der Waals surface area contributed by atoms with Crippen LogP contribution >= 0.6 is 0 Å². The molecule has 1 aliphatic rings. The van der Waals surface area contributed by atoms with E-state index >= 15 is 0 Å². The second kappa shape index (κ2) is 6.24. The third-order valence-corrected chi connectivity index (χ3v) is 4.11. The molecule has 2 heterocycles. The zero-order valence-electron chi connectivity index (χ0n) is 12.4. The molecule has 0 saturated carbocycles. The van der Waals surface area contributed by atoms with Gasteiger partial charge in [0.1, 0.15) is 5.82 Å². The summed E-state index contributed by atoms with van der Waals surface area (Å²) < 4.78 is 0. The molecule has 1 atom stereocenters. The van der Waals surface area contributed by atoms with Gasteiger partial charge in [-0.1, -0.05) is 36.4 Å². The summed E-state index contributed by atoms with van der Waals surface area (Å²) in [5.74, 6) is 1.04. The van der Waals surface area contributed by atoms with Crippen molar-refractivity contribution in [3.8, 4) is 0 Å². The van der Waals surface area contributed by atoms with Gasteiger partial charge in [0.05, 0.1) is 6.04 Å². The van der Waals surface area contributed by atoms with Crippen molar-refractivity contribution in [1.29, 1.82) is 0 Å². The SMILES string of the molecule is CN1CCN(c2ccc(CN)cn2)C(c2ccccc2)C1. The van der Waals surface area contributed by atoms with E-state index < -0.39 is 0 Å². The summed E-state index contributed by atoms with van der Waals surface area (Å²) in [5, 5.41) is 0. The van der Waals surface area contributed by atoms with Crippen LogP contribution in [0.3, 0.4) is 0 Å². The number of benzene rings is 1. The van der Waals surface area contributed by atoms with E-state index in [9.17, 15) is 0 Å². The molecule has 3 rings (SSSR count). The Kier molecular flexibility index (Phi) is 4.18. The minimum atomic E-state index is 0.348. The maximum Gasteiger partial charge on any atom is 0.129 e. The molecule has 110 valence electrons. The van der Waals surface area contributed by atoms with E-state index in [2.05, 4.69) is 64.3 Å². The van der Waals surface area contributed by atoms with Gasteiger partial charge in [-0.3, -0.25) is 0 Å². The number of nitrogens with two attached hydrogens (primary N) is 1. The highest BCUT2D eigenvalue weighted by Crippen LogP contribution is 2.29. The molecule has 2 N–H and O–H groups in total. The highest BCUT2D eigenvalue weighted by atomic mass is 15.3. The van der Waals surface area contributed by atoms with Crippen LogP contribution in [0.1, 0.15) is 17.2 Å². The van der Waals surface area contributed by atoms with Gasteiger partial charge in [0, 0.05) is 32.4 Å². The molecule has 1 saturated heterocycles. The predicted molar refractivity (Wildman–Crippen MR) is 86.2 cm³/mol. The van der Waals surface area contributed by atoms with Crippen LogP contribution in [-0.4, -0.2) is 36.6 Å². The van der Waals surface area contributed by atoms with Crippen molar-refractivity contribution in [2.45, 2.75) is 12.6 Å². The lowest BCUT2D eigenvalue weighted by atomic mass is 10.0. The number of pyridine rings is 1. The number of aromatic nitrogens is 1. The molecule has 2 aromatic rings. The van der Waals surface area contributed by atoms with Crippen LogP contribution in [0.4, 0.5) is 5.82 Å². The van der Waals surface area contributed by atoms with E-state index in [0.717, 1.165) is 31.0 Å². The van der Waals surface area contributed by atoms with E-state index in [1.165, 1.54) is 5.56 Å². The molecule has 1 aromatic heterocycles. The summed E-state index contributed by atoms with van der Waals surface area (Å²) in [6, 6.07) is 15.2. The molecule has 0 aliphatic carbocycles. The van der Waals surface area contributed by atoms with Crippen molar-refractivity contribution < 1.29 is 0 Å². The molecule has 4 nitrogen and oxygen atoms in total. The van der Waals surface area contributed by atoms with Gasteiger partial charge >= 0.3 is 0 Å². The average Bonchev–Trinajstić information content (AvgIpc) is 2.56. The molecule has 1 aliphatic heterocycles. The minimum Gasteiger partial charge on any atom is -0.347 e. The molecular weight excluding hydrogens is 260 g/mol. The van der Waals surface area contributed by atoms with Crippen LogP contribution in [0.15, 0.2) is 48.7 Å². The highest BCUT2D eigenvalue weighted by molar-refractivity contribution is 5.44. The molecule has 21 heavy (non-hydrogen) atoms. The molecule has 0 bridgehead atoms. The molecular formula is C17H22N4. The van der Waals surface area contributed by atoms with Crippen LogP contribution in [0.5, 0.6) is 0 Å². The van der Waals surface area contributed by atoms with Crippen molar-refractivity contribution in [2.24, 2.45) is 5.73 Å². The van der Waals surface area contributed by atoms with Crippen molar-refractivity contribution in [3.05, 3.63) is 59.8 Å². The summed E-state index contributed by atoms with van der Waals surface area (Å²) in [6.45, 7) is 3.61. The number of hydrogen-bond donors (Lipinski definition) is 1. The second-order valence-electron chi connectivity index (χ2n) is 5.61. The summed E-state index contributed by atoms with van der Waals surface area (Å²) in [6.07, 6.45) is 1.88. The quantitative estimate of drug-likeness (QED) is 0.935. The van der Waals surface area contributed by atoms with Crippen LogP contribution < -0.4 is 10.6 Å². The molecule has 4 heteroatoms. The third-order valence-electron chi connectivity index (χ3n) is 4.11. The van der Waals surface area contributed by atoms with Crippen LogP contribution in [0.2, 0.25) is 0 Å². The smallest absolute Gasteiger partial charge is 0.129 e. The largest absolute Gasteiger partial charge is 0.347 e. The van der Waals surface area contributed by atoms with Crippen molar-refractivity contribution in [1.82, 2.24) is 9.88 Å². The van der Waals surface area contributed by atoms with Gasteiger partial charge in [0.15, 0.2) is 0 Å². The number of piperazine rings is 1. The van der Waals surface area contributed by atoms with Gasteiger partial charge < -0.3 is 15.5 Å². The lowest BCUT2D eigenvalue weighted by Gasteiger charge is -2.41. The molecule has 1 aromatic carbocycles. The number of hydrogen-bond acceptors (Lipinski definition) is 4. The third kappa shape index (κ3) is 3.06. The maximum absolute atomic E-state index is 5.65. The van der Waals surface area contributed by atoms with Crippen molar-refractivity contribution in [3.63, 3.8) is 0 Å². The molecule has 0 amide bonds. The summed E-state index contributed by atoms with van der Waals surface area (Å²) in [5.41, 5.74) is 8.07. The average molecular weight is 282 g/mol. The van der Waals surface area contributed by atoms with Gasteiger partial charge in [-0.25, -0.2) is 4.98 Å². The lowest BCUT2D eigenvalue weighted by molar-refractivity contribution is 0.268. The van der Waals surface area contributed by atoms with E-state index in [4.69, 9.17) is 5.73 Å². The first-order valence-electron chi connectivity index (χ1n) is 7.43. The van der Waals surface area contributed by atoms with E-state index in [0.29, 0.717) is 12.6 Å². The Labute approximate surface area is 126 Å². The Morgan fingerprint density at radius 3 is 2.62 bits per heavy atom. The van der Waals surface area contributed by atoms with Gasteiger partial charge in [-0.2, -0.15) is 0 Å². The zero-order chi connectivity index (χ0) is 14.7. The van der Waals surface area contributed by atoms with Crippen molar-refractivity contribution >= 4 is 5.82 Å². The monoisotopic (exact) mass is 282 g/mol. The Bertz CT molecular complexity index is 567. The minimum absolute atomic E-state index is 0.348. The first kappa shape index (κ1) is 14.0. The number of nitrogens with zero attached hydrogens (tertiary/aromatic N) is 3. The Morgan fingerprint density at radius 1 is 1.14 bits per heavy atom. The fourth-order valence-corrected chi connectivity index (χ4v) is 2.86. The van der Waals surface area contributed by atoms with E-state index in [-0.39, 0.29) is 0 Å². The van der Waals surface area contributed by atoms with Crippen LogP contribution in [-0.2, 0) is 6.54 Å². The predicted octanol–water partition coefficient (Wildman–Crippen LogP) is 2.03. The molecule has 1 fully saturated rings. The maximum atomic E-state index is 5.65. The Morgan fingerprint density at radius 2 is 1.95 bits per heavy atom. The van der Waals surface area contributed by atoms with Gasteiger partial charge in [0.2, 0.25) is 0 Å². The first-order valence-corrected chi connectivity index (χ1v) is 7.43. The number of likely N-dealkylation sites (N-methyl/N-ethyl adjacent to an activating group) is 1. The van der Waals surface area contributed by atoms with E-state index in [1.54, 1.807) is 0 Å². The van der Waals surface area contributed by atoms with Crippen LogP contribution in [0.25, 0.3) is 0 Å². The Hall–Kier alpha value is -1.91. The number of rotatable bonds is 3. The normalized spacial score (nSPS) is 19.7. The summed E-state index contributed by atoms with van der Waals surface area (Å²) >= 11 is 0. The standard InChI is InChI=1S/C17H22N4/c1-20-9-10-21(17-8-7-14(11-18)12-19-17)16(13-20)15-5-3-2-4-6-15/h2-8,12,16H,9-11,13,18H2,1H3. The van der Waals surface area contributed by atoms with Gasteiger partial charge in [-0.05, 0) is 24.2 Å². The Balaban J connectivity index is 1.90. The fourth-order valence-electron chi connectivity index (χ4n) is 2.86. The van der Waals surface area contributed by atoms with Gasteiger partial charge in [0.25, 0.3) is 0 Å². The first-order chi connectivity index (χ1) is 10.3. The summed E-state index contributed by atoms with van der Waals surface area (Å²) in [4.78, 5) is 9.38. The second-order valence-corrected chi connectivity index (χ2v) is 5.61. The topological polar surface area (TPSA) is 45.4 Å². The molecule has 0 spiro atoms.